The van der Waals surface area contributed by atoms with Gasteiger partial charge >= 0.3 is 0 Å². The molecule has 0 unspecified atom stereocenters. The van der Waals surface area contributed by atoms with Crippen LogP contribution in [0.4, 0.5) is 8.78 Å². The molecule has 6 heteroatoms. The van der Waals surface area contributed by atoms with Crippen LogP contribution in [0.3, 0.4) is 0 Å². The Morgan fingerprint density at radius 3 is 2.77 bits per heavy atom. The maximum absolute atomic E-state index is 13.4. The average molecular weight is 329 g/mol. The van der Waals surface area contributed by atoms with Crippen LogP contribution < -0.4 is 5.32 Å². The number of ether oxygens (including phenoxy) is 1. The minimum Gasteiger partial charge on any atom is -0.371 e. The number of halogens is 2. The van der Waals surface area contributed by atoms with E-state index in [9.17, 15) is 13.6 Å². The molecule has 1 amide bonds. The first-order valence-electron chi connectivity index (χ1n) is 7.21. The molecule has 1 aliphatic rings. The van der Waals surface area contributed by atoms with Crippen LogP contribution in [0.25, 0.3) is 0 Å². The fourth-order valence-corrected chi connectivity index (χ4v) is 3.40. The van der Waals surface area contributed by atoms with E-state index in [0.29, 0.717) is 24.3 Å². The summed E-state index contributed by atoms with van der Waals surface area (Å²) in [6, 6.07) is 3.50. The molecule has 22 heavy (non-hydrogen) atoms. The molecule has 0 aromatic heterocycles. The molecular weight excluding hydrogens is 308 g/mol. The van der Waals surface area contributed by atoms with Crippen molar-refractivity contribution in [1.82, 2.24) is 5.32 Å². The van der Waals surface area contributed by atoms with Gasteiger partial charge < -0.3 is 10.1 Å². The molecule has 0 spiro atoms. The number of hydrogen-bond donors (Lipinski definition) is 1. The highest BCUT2D eigenvalue weighted by atomic mass is 32.2. The molecule has 122 valence electrons. The third kappa shape index (κ3) is 3.79. The third-order valence-electron chi connectivity index (χ3n) is 3.80. The summed E-state index contributed by atoms with van der Waals surface area (Å²) in [6.07, 6.45) is 2.17. The topological polar surface area (TPSA) is 38.3 Å². The standard InChI is InChI=1S/C16H21F2NO2S/c1-16(2,9-22-3)15(20)19-13-6-7-21-14(13)10-4-5-11(17)12(18)8-10/h4-5,8,13-14H,6-7,9H2,1-3H3,(H,19,20)/t13-,14+/m1/s1. The van der Waals surface area contributed by atoms with Crippen LogP contribution in [0.1, 0.15) is 31.9 Å². The van der Waals surface area contributed by atoms with Gasteiger partial charge in [0.1, 0.15) is 6.10 Å². The van der Waals surface area contributed by atoms with Crippen LogP contribution in [0, 0.1) is 17.0 Å². The average Bonchev–Trinajstić information content (AvgIpc) is 2.90. The molecule has 1 saturated heterocycles. The lowest BCUT2D eigenvalue weighted by Crippen LogP contribution is -2.45. The fourth-order valence-electron chi connectivity index (χ4n) is 2.55. The minimum atomic E-state index is -0.902. The van der Waals surface area contributed by atoms with Crippen molar-refractivity contribution in [3.63, 3.8) is 0 Å². The first-order valence-corrected chi connectivity index (χ1v) is 8.61. The molecule has 1 aliphatic heterocycles. The van der Waals surface area contributed by atoms with Gasteiger partial charge in [-0.05, 0) is 30.4 Å². The zero-order valence-corrected chi connectivity index (χ0v) is 13.8. The Balaban J connectivity index is 2.10. The van der Waals surface area contributed by atoms with Crippen molar-refractivity contribution in [1.29, 1.82) is 0 Å². The van der Waals surface area contributed by atoms with Crippen LogP contribution in [-0.4, -0.2) is 30.6 Å². The highest BCUT2D eigenvalue weighted by Gasteiger charge is 2.35. The molecule has 1 heterocycles. The van der Waals surface area contributed by atoms with Crippen molar-refractivity contribution < 1.29 is 18.3 Å². The third-order valence-corrected chi connectivity index (χ3v) is 4.81. The largest absolute Gasteiger partial charge is 0.371 e. The summed E-state index contributed by atoms with van der Waals surface area (Å²) in [5.74, 6) is -1.13. The van der Waals surface area contributed by atoms with E-state index in [0.717, 1.165) is 12.1 Å². The second kappa shape index (κ2) is 6.96. The lowest BCUT2D eigenvalue weighted by molar-refractivity contribution is -0.129. The van der Waals surface area contributed by atoms with Crippen molar-refractivity contribution in [2.24, 2.45) is 5.41 Å². The van der Waals surface area contributed by atoms with Crippen LogP contribution in [0.2, 0.25) is 0 Å². The molecule has 3 nitrogen and oxygen atoms in total. The molecule has 2 atom stereocenters. The van der Waals surface area contributed by atoms with Gasteiger partial charge in [-0.1, -0.05) is 19.9 Å². The lowest BCUT2D eigenvalue weighted by atomic mass is 9.93. The second-order valence-electron chi connectivity index (χ2n) is 6.15. The monoisotopic (exact) mass is 329 g/mol. The van der Waals surface area contributed by atoms with Gasteiger partial charge in [-0.2, -0.15) is 11.8 Å². The number of carbonyl (C=O) groups excluding carboxylic acids is 1. The van der Waals surface area contributed by atoms with Crippen molar-refractivity contribution in [2.75, 3.05) is 18.6 Å². The fraction of sp³-hybridized carbons (Fsp3) is 0.562. The van der Waals surface area contributed by atoms with Crippen molar-refractivity contribution in [3.8, 4) is 0 Å². The molecular formula is C16H21F2NO2S. The minimum absolute atomic E-state index is 0.0510. The van der Waals surface area contributed by atoms with E-state index in [4.69, 9.17) is 4.74 Å². The number of nitrogens with one attached hydrogen (secondary N) is 1. The van der Waals surface area contributed by atoms with Gasteiger partial charge in [0.2, 0.25) is 5.91 Å². The highest BCUT2D eigenvalue weighted by Crippen LogP contribution is 2.31. The molecule has 2 rings (SSSR count). The van der Waals surface area contributed by atoms with E-state index in [1.165, 1.54) is 6.07 Å². The molecule has 0 bridgehead atoms. The van der Waals surface area contributed by atoms with Gasteiger partial charge in [0.05, 0.1) is 11.5 Å². The van der Waals surface area contributed by atoms with Crippen molar-refractivity contribution in [2.45, 2.75) is 32.4 Å². The number of thioether (sulfide) groups is 1. The summed E-state index contributed by atoms with van der Waals surface area (Å²) >= 11 is 1.61. The van der Waals surface area contributed by atoms with Crippen LogP contribution in [0.15, 0.2) is 18.2 Å². The number of rotatable bonds is 5. The van der Waals surface area contributed by atoms with Crippen LogP contribution in [-0.2, 0) is 9.53 Å². The summed E-state index contributed by atoms with van der Waals surface area (Å²) in [6.45, 7) is 4.26. The van der Waals surface area contributed by atoms with E-state index in [1.54, 1.807) is 11.8 Å². The first-order chi connectivity index (χ1) is 10.3. The van der Waals surface area contributed by atoms with Gasteiger partial charge in [-0.25, -0.2) is 8.78 Å². The Labute approximate surface area is 133 Å². The molecule has 0 radical (unpaired) electrons. The normalized spacial score (nSPS) is 21.9. The van der Waals surface area contributed by atoms with Gasteiger partial charge in [-0.15, -0.1) is 0 Å². The van der Waals surface area contributed by atoms with Crippen LogP contribution >= 0.6 is 11.8 Å². The molecule has 1 fully saturated rings. The lowest BCUT2D eigenvalue weighted by Gasteiger charge is -2.27. The highest BCUT2D eigenvalue weighted by molar-refractivity contribution is 7.98. The summed E-state index contributed by atoms with van der Waals surface area (Å²) in [4.78, 5) is 12.4. The summed E-state index contributed by atoms with van der Waals surface area (Å²) in [7, 11) is 0. The Morgan fingerprint density at radius 2 is 2.14 bits per heavy atom. The van der Waals surface area contributed by atoms with Gasteiger partial charge in [0.15, 0.2) is 11.6 Å². The number of amides is 1. The van der Waals surface area contributed by atoms with Gasteiger partial charge in [-0.3, -0.25) is 4.79 Å². The number of hydrogen-bond acceptors (Lipinski definition) is 3. The number of carbonyl (C=O) groups is 1. The van der Waals surface area contributed by atoms with E-state index in [-0.39, 0.29) is 11.9 Å². The van der Waals surface area contributed by atoms with E-state index in [2.05, 4.69) is 5.32 Å². The molecule has 1 N–H and O–H groups in total. The summed E-state index contributed by atoms with van der Waals surface area (Å²) < 4.78 is 32.0. The Kier molecular flexibility index (Phi) is 5.45. The zero-order valence-electron chi connectivity index (χ0n) is 13.0. The van der Waals surface area contributed by atoms with Gasteiger partial charge in [0, 0.05) is 12.4 Å². The second-order valence-corrected chi connectivity index (χ2v) is 7.02. The quantitative estimate of drug-likeness (QED) is 0.901. The van der Waals surface area contributed by atoms with Crippen molar-refractivity contribution in [3.05, 3.63) is 35.4 Å². The van der Waals surface area contributed by atoms with E-state index < -0.39 is 23.2 Å². The Bertz CT molecular complexity index is 551. The van der Waals surface area contributed by atoms with E-state index >= 15 is 0 Å². The van der Waals surface area contributed by atoms with Crippen LogP contribution in [0.5, 0.6) is 0 Å². The molecule has 0 saturated carbocycles. The first kappa shape index (κ1) is 17.2. The molecule has 1 aromatic rings. The van der Waals surface area contributed by atoms with Gasteiger partial charge in [0.25, 0.3) is 0 Å². The maximum atomic E-state index is 13.4. The predicted molar refractivity (Wildman–Crippen MR) is 83.8 cm³/mol. The molecule has 1 aromatic carbocycles. The smallest absolute Gasteiger partial charge is 0.226 e. The number of benzene rings is 1. The predicted octanol–water partition coefficient (Wildman–Crippen LogP) is 3.30. The maximum Gasteiger partial charge on any atom is 0.226 e. The van der Waals surface area contributed by atoms with E-state index in [1.807, 2.05) is 20.1 Å². The zero-order chi connectivity index (χ0) is 16.3. The van der Waals surface area contributed by atoms with Crippen molar-refractivity contribution >= 4 is 17.7 Å². The summed E-state index contributed by atoms with van der Waals surface area (Å²) in [5, 5.41) is 2.99. The Morgan fingerprint density at radius 1 is 1.41 bits per heavy atom. The SMILES string of the molecule is CSCC(C)(C)C(=O)N[C@@H]1CCO[C@H]1c1ccc(F)c(F)c1. The molecule has 0 aliphatic carbocycles. The Hall–Kier alpha value is -1.14. The summed E-state index contributed by atoms with van der Waals surface area (Å²) in [5.41, 5.74) is 0.0602.